The Kier molecular flexibility index (Phi) is 9.80. The van der Waals surface area contributed by atoms with Gasteiger partial charge in [0.2, 0.25) is 0 Å². The number of benzene rings is 1. The molecule has 0 spiro atoms. The van der Waals surface area contributed by atoms with Crippen molar-refractivity contribution in [3.8, 4) is 0 Å². The molecule has 0 amide bonds. The number of esters is 1. The number of unbranched alkanes of at least 4 members (excludes halogenated alkanes) is 3. The van der Waals surface area contributed by atoms with Crippen LogP contribution in [0.15, 0.2) is 48.6 Å². The molecule has 1 aromatic carbocycles. The fourth-order valence-electron chi connectivity index (χ4n) is 1.95. The summed E-state index contributed by atoms with van der Waals surface area (Å²) < 4.78 is 5.17. The summed E-state index contributed by atoms with van der Waals surface area (Å²) in [6.45, 7) is 2.49. The Bertz CT molecular complexity index is 432. The zero-order chi connectivity index (χ0) is 15.2. The Labute approximate surface area is 128 Å². The van der Waals surface area contributed by atoms with Gasteiger partial charge >= 0.3 is 5.97 Å². The smallest absolute Gasteiger partial charge is 0.306 e. The predicted molar refractivity (Wildman–Crippen MR) is 89.0 cm³/mol. The van der Waals surface area contributed by atoms with Gasteiger partial charge in [-0.2, -0.15) is 0 Å². The van der Waals surface area contributed by atoms with Crippen molar-refractivity contribution >= 4 is 12.0 Å². The SMILES string of the molecule is CC/C=C\CCCCCC(=O)OC/C=C/c1ccccc1. The van der Waals surface area contributed by atoms with Gasteiger partial charge in [-0.05, 0) is 37.3 Å². The number of ether oxygens (including phenoxy) is 1. The molecule has 0 atom stereocenters. The second-order valence-corrected chi connectivity index (χ2v) is 4.98. The Morgan fingerprint density at radius 3 is 2.62 bits per heavy atom. The van der Waals surface area contributed by atoms with Gasteiger partial charge in [-0.1, -0.05) is 61.9 Å². The second-order valence-electron chi connectivity index (χ2n) is 4.98. The number of hydrogen-bond acceptors (Lipinski definition) is 2. The standard InChI is InChI=1S/C19H26O2/c1-2-3-4-5-6-7-11-16-19(20)21-17-12-15-18-13-9-8-10-14-18/h3-4,8-10,12-15H,2,5-7,11,16-17H2,1H3/b4-3-,15-12+. The molecule has 0 saturated carbocycles. The molecular formula is C19H26O2. The quantitative estimate of drug-likeness (QED) is 0.337. The van der Waals surface area contributed by atoms with Gasteiger partial charge in [-0.3, -0.25) is 4.79 Å². The Hall–Kier alpha value is -1.83. The molecule has 0 aromatic heterocycles. The lowest BCUT2D eigenvalue weighted by atomic mass is 10.1. The average Bonchev–Trinajstić information content (AvgIpc) is 2.52. The van der Waals surface area contributed by atoms with Crippen molar-refractivity contribution in [1.29, 1.82) is 0 Å². The molecular weight excluding hydrogens is 260 g/mol. The van der Waals surface area contributed by atoms with Crippen LogP contribution in [0.2, 0.25) is 0 Å². The second kappa shape index (κ2) is 12.0. The van der Waals surface area contributed by atoms with Crippen molar-refractivity contribution in [3.63, 3.8) is 0 Å². The van der Waals surface area contributed by atoms with Crippen LogP contribution in [0.1, 0.15) is 51.0 Å². The summed E-state index contributed by atoms with van der Waals surface area (Å²) in [5.41, 5.74) is 1.12. The predicted octanol–water partition coefficient (Wildman–Crippen LogP) is 5.16. The van der Waals surface area contributed by atoms with E-state index in [2.05, 4.69) is 19.1 Å². The first-order valence-corrected chi connectivity index (χ1v) is 7.85. The first-order valence-electron chi connectivity index (χ1n) is 7.85. The van der Waals surface area contributed by atoms with Gasteiger partial charge in [0.1, 0.15) is 6.61 Å². The number of carbonyl (C=O) groups is 1. The molecule has 0 N–H and O–H groups in total. The third-order valence-corrected chi connectivity index (χ3v) is 3.10. The van der Waals surface area contributed by atoms with Crippen molar-refractivity contribution in [1.82, 2.24) is 0 Å². The minimum absolute atomic E-state index is 0.100. The van der Waals surface area contributed by atoms with Crippen LogP contribution in [0, 0.1) is 0 Å². The van der Waals surface area contributed by atoms with E-state index in [-0.39, 0.29) is 5.97 Å². The summed E-state index contributed by atoms with van der Waals surface area (Å²) in [6.07, 6.45) is 14.1. The maximum atomic E-state index is 11.5. The molecule has 21 heavy (non-hydrogen) atoms. The molecule has 1 aromatic rings. The van der Waals surface area contributed by atoms with Crippen molar-refractivity contribution in [2.45, 2.75) is 45.4 Å². The molecule has 0 aliphatic carbocycles. The number of hydrogen-bond donors (Lipinski definition) is 0. The summed E-state index contributed by atoms with van der Waals surface area (Å²) in [6, 6.07) is 9.99. The Balaban J connectivity index is 2.01. The number of rotatable bonds is 10. The lowest BCUT2D eigenvalue weighted by Gasteiger charge is -2.01. The van der Waals surface area contributed by atoms with E-state index >= 15 is 0 Å². The average molecular weight is 286 g/mol. The molecule has 0 heterocycles. The van der Waals surface area contributed by atoms with Crippen LogP contribution < -0.4 is 0 Å². The zero-order valence-electron chi connectivity index (χ0n) is 13.0. The molecule has 0 bridgehead atoms. The summed E-state index contributed by atoms with van der Waals surface area (Å²) in [4.78, 5) is 11.5. The van der Waals surface area contributed by atoms with E-state index in [0.29, 0.717) is 13.0 Å². The fraction of sp³-hybridized carbons (Fsp3) is 0.421. The highest BCUT2D eigenvalue weighted by Crippen LogP contribution is 2.05. The summed E-state index contributed by atoms with van der Waals surface area (Å²) in [5.74, 6) is -0.100. The first-order chi connectivity index (χ1) is 10.3. The lowest BCUT2D eigenvalue weighted by molar-refractivity contribution is -0.142. The third kappa shape index (κ3) is 9.67. The van der Waals surface area contributed by atoms with Gasteiger partial charge in [0.15, 0.2) is 0 Å². The van der Waals surface area contributed by atoms with Crippen LogP contribution in [0.3, 0.4) is 0 Å². The normalized spacial score (nSPS) is 11.3. The molecule has 0 fully saturated rings. The van der Waals surface area contributed by atoms with E-state index in [1.165, 1.54) is 0 Å². The van der Waals surface area contributed by atoms with Gasteiger partial charge in [-0.15, -0.1) is 0 Å². The van der Waals surface area contributed by atoms with E-state index in [1.807, 2.05) is 42.5 Å². The largest absolute Gasteiger partial charge is 0.461 e. The molecule has 0 radical (unpaired) electrons. The van der Waals surface area contributed by atoms with Crippen molar-refractivity contribution in [2.75, 3.05) is 6.61 Å². The van der Waals surface area contributed by atoms with E-state index in [9.17, 15) is 4.79 Å². The molecule has 0 unspecified atom stereocenters. The van der Waals surface area contributed by atoms with E-state index in [4.69, 9.17) is 4.74 Å². The molecule has 0 aliphatic heterocycles. The Morgan fingerprint density at radius 2 is 1.86 bits per heavy atom. The minimum atomic E-state index is -0.100. The van der Waals surface area contributed by atoms with Crippen LogP contribution >= 0.6 is 0 Å². The maximum Gasteiger partial charge on any atom is 0.306 e. The summed E-state index contributed by atoms with van der Waals surface area (Å²) in [7, 11) is 0. The number of carbonyl (C=O) groups excluding carboxylic acids is 1. The molecule has 114 valence electrons. The van der Waals surface area contributed by atoms with Gasteiger partial charge in [0.05, 0.1) is 0 Å². The van der Waals surface area contributed by atoms with Crippen molar-refractivity contribution < 1.29 is 9.53 Å². The van der Waals surface area contributed by atoms with Crippen molar-refractivity contribution in [2.24, 2.45) is 0 Å². The van der Waals surface area contributed by atoms with E-state index in [1.54, 1.807) is 0 Å². The first kappa shape index (κ1) is 17.2. The van der Waals surface area contributed by atoms with Crippen LogP contribution in [-0.2, 0) is 9.53 Å². The molecule has 2 nitrogen and oxygen atoms in total. The van der Waals surface area contributed by atoms with Crippen LogP contribution in [0.25, 0.3) is 6.08 Å². The highest BCUT2D eigenvalue weighted by atomic mass is 16.5. The van der Waals surface area contributed by atoms with Crippen molar-refractivity contribution in [3.05, 3.63) is 54.1 Å². The van der Waals surface area contributed by atoms with Crippen LogP contribution in [0.5, 0.6) is 0 Å². The number of allylic oxidation sites excluding steroid dienone is 2. The third-order valence-electron chi connectivity index (χ3n) is 3.10. The lowest BCUT2D eigenvalue weighted by Crippen LogP contribution is -2.03. The molecule has 0 saturated heterocycles. The van der Waals surface area contributed by atoms with E-state index < -0.39 is 0 Å². The highest BCUT2D eigenvalue weighted by molar-refractivity contribution is 5.69. The molecule has 1 rings (SSSR count). The zero-order valence-corrected chi connectivity index (χ0v) is 13.0. The van der Waals surface area contributed by atoms with Gasteiger partial charge in [0.25, 0.3) is 0 Å². The molecule has 0 aliphatic rings. The summed E-state index contributed by atoms with van der Waals surface area (Å²) in [5, 5.41) is 0. The highest BCUT2D eigenvalue weighted by Gasteiger charge is 2.00. The van der Waals surface area contributed by atoms with Gasteiger partial charge in [0, 0.05) is 6.42 Å². The fourth-order valence-corrected chi connectivity index (χ4v) is 1.95. The molecule has 2 heteroatoms. The minimum Gasteiger partial charge on any atom is -0.461 e. The van der Waals surface area contributed by atoms with E-state index in [0.717, 1.165) is 37.7 Å². The summed E-state index contributed by atoms with van der Waals surface area (Å²) >= 11 is 0. The van der Waals surface area contributed by atoms with Gasteiger partial charge < -0.3 is 4.74 Å². The van der Waals surface area contributed by atoms with Crippen LogP contribution in [-0.4, -0.2) is 12.6 Å². The monoisotopic (exact) mass is 286 g/mol. The van der Waals surface area contributed by atoms with Crippen LogP contribution in [0.4, 0.5) is 0 Å². The Morgan fingerprint density at radius 1 is 1.05 bits per heavy atom. The maximum absolute atomic E-state index is 11.5. The van der Waals surface area contributed by atoms with Gasteiger partial charge in [-0.25, -0.2) is 0 Å². The topological polar surface area (TPSA) is 26.3 Å².